The Hall–Kier alpha value is -2.55. The molecule has 0 atom stereocenters. The third-order valence-electron chi connectivity index (χ3n) is 6.62. The molecule has 0 amide bonds. The zero-order valence-electron chi connectivity index (χ0n) is 25.7. The normalized spacial score (nSPS) is 14.7. The summed E-state index contributed by atoms with van der Waals surface area (Å²) in [6, 6.07) is 18.4. The molecule has 0 bridgehead atoms. The number of carbonyl (C=O) groups is 1. The number of hydrogen-bond donors (Lipinski definition) is 0. The van der Waals surface area contributed by atoms with Crippen LogP contribution >= 0.6 is 0 Å². The van der Waals surface area contributed by atoms with E-state index in [1.54, 1.807) is 0 Å². The Morgan fingerprint density at radius 3 is 0.918 bits per heavy atom. The molecule has 0 aromatic heterocycles. The summed E-state index contributed by atoms with van der Waals surface area (Å²) in [5.74, 6) is -63.5. The maximum Gasteiger partial charge on any atom is 0.460 e. The standard InChI is InChI=1S/C20H26I.C9HF17O2/c1-19(2,3)15-7-11-17(12-8-15)21-18-13-9-16(10-14-18)20(4,5)6;10-2(11,1(27)28)3(12,13)4(14,15)5(16,17)6(18,19)7(20,21)8(22,23)9(24,25)26/h7-14H,1-6H3;(H,27,28)/q+1;/p-1. The van der Waals surface area contributed by atoms with Crippen molar-refractivity contribution in [3.8, 4) is 0 Å². The van der Waals surface area contributed by atoms with Gasteiger partial charge in [-0.2, -0.15) is 74.6 Å². The van der Waals surface area contributed by atoms with E-state index in [0.717, 1.165) is 0 Å². The molecule has 2 aromatic carbocycles. The summed E-state index contributed by atoms with van der Waals surface area (Å²) in [5, 5.41) is 9.65. The van der Waals surface area contributed by atoms with Gasteiger partial charge in [0.1, 0.15) is 5.97 Å². The minimum atomic E-state index is -8.79. The Morgan fingerprint density at radius 1 is 0.449 bits per heavy atom. The van der Waals surface area contributed by atoms with Crippen LogP contribution in [0.25, 0.3) is 0 Å². The van der Waals surface area contributed by atoms with Crippen molar-refractivity contribution in [3.63, 3.8) is 0 Å². The molecule has 49 heavy (non-hydrogen) atoms. The van der Waals surface area contributed by atoms with E-state index >= 15 is 0 Å². The van der Waals surface area contributed by atoms with Gasteiger partial charge in [-0.25, -0.2) is 0 Å². The third-order valence-corrected chi connectivity index (χ3v) is 9.30. The van der Waals surface area contributed by atoms with Crippen LogP contribution in [0.4, 0.5) is 74.6 Å². The first-order valence-electron chi connectivity index (χ1n) is 13.1. The summed E-state index contributed by atoms with van der Waals surface area (Å²) < 4.78 is 217. The smallest absolute Gasteiger partial charge is 0.460 e. The van der Waals surface area contributed by atoms with Gasteiger partial charge < -0.3 is 9.90 Å². The van der Waals surface area contributed by atoms with Gasteiger partial charge in [0.25, 0.3) is 0 Å². The zero-order chi connectivity index (χ0) is 39.3. The lowest BCUT2D eigenvalue weighted by molar-refractivity contribution is -0.597. The van der Waals surface area contributed by atoms with Crippen molar-refractivity contribution in [2.45, 2.75) is 100 Å². The Morgan fingerprint density at radius 2 is 0.694 bits per heavy atom. The van der Waals surface area contributed by atoms with E-state index in [0.29, 0.717) is 0 Å². The van der Waals surface area contributed by atoms with E-state index in [1.165, 1.54) is 18.3 Å². The Labute approximate surface area is 278 Å². The Bertz CT molecular complexity index is 1380. The van der Waals surface area contributed by atoms with Crippen molar-refractivity contribution < 1.29 is 106 Å². The minimum Gasteiger partial charge on any atom is -0.544 e. The van der Waals surface area contributed by atoms with E-state index in [4.69, 9.17) is 0 Å². The van der Waals surface area contributed by atoms with Gasteiger partial charge in [0, 0.05) is 0 Å². The molecule has 0 aliphatic heterocycles. The number of carbonyl (C=O) groups excluding carboxylic acids is 1. The second-order valence-corrected chi connectivity index (χ2v) is 15.4. The van der Waals surface area contributed by atoms with Crippen LogP contribution in [0.5, 0.6) is 0 Å². The van der Waals surface area contributed by atoms with Crippen molar-refractivity contribution in [2.75, 3.05) is 0 Å². The second kappa shape index (κ2) is 13.5. The maximum absolute atomic E-state index is 13.0. The summed E-state index contributed by atoms with van der Waals surface area (Å²) in [4.78, 5) is 9.65. The first kappa shape index (κ1) is 44.5. The van der Waals surface area contributed by atoms with Crippen LogP contribution in [0.1, 0.15) is 52.7 Å². The molecule has 0 aliphatic carbocycles. The van der Waals surface area contributed by atoms with E-state index in [2.05, 4.69) is 90.1 Å². The first-order chi connectivity index (χ1) is 21.4. The van der Waals surface area contributed by atoms with Gasteiger partial charge in [-0.05, 0) is 46.2 Å². The fourth-order valence-electron chi connectivity index (χ4n) is 3.44. The lowest BCUT2D eigenvalue weighted by Crippen LogP contribution is -3.61. The molecule has 0 fully saturated rings. The average Bonchev–Trinajstić information content (AvgIpc) is 2.91. The summed E-state index contributed by atoms with van der Waals surface area (Å²) in [6.45, 7) is 13.6. The van der Waals surface area contributed by atoms with Crippen LogP contribution in [0.3, 0.4) is 0 Å². The quantitative estimate of drug-likeness (QED) is 0.225. The number of rotatable bonds is 9. The summed E-state index contributed by atoms with van der Waals surface area (Å²) in [7, 11) is 0. The van der Waals surface area contributed by atoms with Gasteiger partial charge in [-0.3, -0.25) is 0 Å². The number of carboxylic acids is 1. The van der Waals surface area contributed by atoms with Gasteiger partial charge in [0.2, 0.25) is 0 Å². The number of benzene rings is 2. The van der Waals surface area contributed by atoms with Crippen molar-refractivity contribution in [1.29, 1.82) is 0 Å². The van der Waals surface area contributed by atoms with Crippen LogP contribution in [-0.2, 0) is 15.6 Å². The molecule has 0 unspecified atom stereocenters. The van der Waals surface area contributed by atoms with Gasteiger partial charge in [0.15, 0.2) is 7.14 Å². The molecule has 0 heterocycles. The van der Waals surface area contributed by atoms with E-state index in [1.807, 2.05) is 0 Å². The lowest BCUT2D eigenvalue weighted by Gasteiger charge is -2.42. The molecule has 0 spiro atoms. The number of carboxylic acid groups (broad SMARTS) is 1. The van der Waals surface area contributed by atoms with Crippen molar-refractivity contribution in [3.05, 3.63) is 66.8 Å². The van der Waals surface area contributed by atoms with Crippen molar-refractivity contribution >= 4 is 5.97 Å². The van der Waals surface area contributed by atoms with Crippen molar-refractivity contribution in [1.82, 2.24) is 0 Å². The van der Waals surface area contributed by atoms with E-state index < -0.39 is 53.6 Å². The summed E-state index contributed by atoms with van der Waals surface area (Å²) in [5.41, 5.74) is 3.31. The third kappa shape index (κ3) is 8.18. The molecule has 0 N–H and O–H groups in total. The zero-order valence-corrected chi connectivity index (χ0v) is 27.9. The first-order valence-corrected chi connectivity index (χ1v) is 15.3. The highest BCUT2D eigenvalue weighted by Gasteiger charge is 2.95. The number of aliphatic carboxylic acids is 1. The minimum absolute atomic E-state index is 0.0703. The highest BCUT2D eigenvalue weighted by atomic mass is 127. The molecular weight excluding hydrogens is 830 g/mol. The number of hydrogen-bond acceptors (Lipinski definition) is 2. The monoisotopic (exact) mass is 856 g/mol. The van der Waals surface area contributed by atoms with Gasteiger partial charge >= 0.3 is 68.8 Å². The fourth-order valence-corrected chi connectivity index (χ4v) is 5.60. The molecule has 20 heteroatoms. The highest BCUT2D eigenvalue weighted by Crippen LogP contribution is 2.63. The predicted octanol–water partition coefficient (Wildman–Crippen LogP) is 6.16. The van der Waals surface area contributed by atoms with E-state index in [-0.39, 0.29) is 32.0 Å². The molecule has 2 nitrogen and oxygen atoms in total. The topological polar surface area (TPSA) is 40.1 Å². The van der Waals surface area contributed by atoms with E-state index in [9.17, 15) is 84.5 Å². The summed E-state index contributed by atoms with van der Waals surface area (Å²) in [6.07, 6.45) is -7.84. The number of halogens is 18. The molecule has 0 aliphatic rings. The molecule has 2 aromatic rings. The molecule has 2 rings (SSSR count). The predicted molar refractivity (Wildman–Crippen MR) is 133 cm³/mol. The van der Waals surface area contributed by atoms with Crippen LogP contribution in [-0.4, -0.2) is 53.6 Å². The van der Waals surface area contributed by atoms with Gasteiger partial charge in [-0.15, -0.1) is 0 Å². The van der Waals surface area contributed by atoms with Gasteiger partial charge in [0.05, 0.1) is 0 Å². The number of alkyl halides is 17. The van der Waals surface area contributed by atoms with Gasteiger partial charge in [-0.1, -0.05) is 65.8 Å². The van der Waals surface area contributed by atoms with Crippen LogP contribution in [0, 0.1) is 7.14 Å². The molecule has 0 saturated carbocycles. The van der Waals surface area contributed by atoms with Crippen molar-refractivity contribution in [2.24, 2.45) is 0 Å². The second-order valence-electron chi connectivity index (χ2n) is 12.4. The molecular formula is C29H26F17IO2. The maximum atomic E-state index is 13.0. The average molecular weight is 856 g/mol. The SMILES string of the molecule is CC(C)(C)c1ccc([I+]c2ccc(C(C)(C)C)cc2)cc1.O=C([O-])C(F)(F)C(F)(F)C(F)(F)C(F)(F)C(F)(F)C(F)(F)C(F)(F)C(F)(F)F. The molecule has 0 saturated heterocycles. The lowest BCUT2D eigenvalue weighted by atomic mass is 9.87. The fraction of sp³-hybridized carbons (Fsp3) is 0.552. The Balaban J connectivity index is 0.000000507. The van der Waals surface area contributed by atoms with Crippen LogP contribution in [0.2, 0.25) is 0 Å². The highest BCUT2D eigenvalue weighted by molar-refractivity contribution is 5.75. The molecule has 0 radical (unpaired) electrons. The van der Waals surface area contributed by atoms with Crippen LogP contribution < -0.4 is 26.3 Å². The van der Waals surface area contributed by atoms with Crippen LogP contribution in [0.15, 0.2) is 48.5 Å². The summed E-state index contributed by atoms with van der Waals surface area (Å²) >= 11 is -0.0703. The largest absolute Gasteiger partial charge is 0.544 e. The molecule has 280 valence electrons. The Kier molecular flexibility index (Phi) is 12.3.